The first-order valence-corrected chi connectivity index (χ1v) is 5.64. The zero-order chi connectivity index (χ0) is 11.2. The molecule has 1 aromatic rings. The average Bonchev–Trinajstić information content (AvgIpc) is 2.33. The maximum Gasteiger partial charge on any atom is 0.199 e. The molecule has 1 aliphatic rings. The van der Waals surface area contributed by atoms with Crippen molar-refractivity contribution in [3.05, 3.63) is 48.9 Å². The number of ether oxygens (including phenoxy) is 2. The number of hydrogen-bond acceptors (Lipinski definition) is 2. The summed E-state index contributed by atoms with van der Waals surface area (Å²) in [7, 11) is 0. The predicted molar refractivity (Wildman–Crippen MR) is 63.2 cm³/mol. The van der Waals surface area contributed by atoms with E-state index < -0.39 is 0 Å². The molecular weight excluding hydrogens is 200 g/mol. The highest BCUT2D eigenvalue weighted by molar-refractivity contribution is 5.33. The third-order valence-electron chi connectivity index (χ3n) is 2.53. The summed E-state index contributed by atoms with van der Waals surface area (Å²) in [5, 5.41) is 0. The van der Waals surface area contributed by atoms with Crippen LogP contribution in [0.15, 0.2) is 36.9 Å². The van der Waals surface area contributed by atoms with Gasteiger partial charge in [0.05, 0.1) is 6.61 Å². The number of benzene rings is 1. The molecule has 1 unspecified atom stereocenters. The molecule has 0 aliphatic carbocycles. The molecule has 0 saturated carbocycles. The summed E-state index contributed by atoms with van der Waals surface area (Å²) in [4.78, 5) is 0. The molecule has 2 rings (SSSR count). The minimum Gasteiger partial charge on any atom is -0.465 e. The van der Waals surface area contributed by atoms with Crippen LogP contribution in [0, 0.1) is 6.42 Å². The van der Waals surface area contributed by atoms with Gasteiger partial charge < -0.3 is 9.47 Å². The van der Waals surface area contributed by atoms with E-state index in [1.807, 2.05) is 24.3 Å². The minimum absolute atomic E-state index is 0.0769. The first kappa shape index (κ1) is 11.2. The molecule has 1 aliphatic heterocycles. The smallest absolute Gasteiger partial charge is 0.199 e. The Bertz CT molecular complexity index is 323. The summed E-state index contributed by atoms with van der Waals surface area (Å²) in [6.07, 6.45) is 7.89. The van der Waals surface area contributed by atoms with Crippen molar-refractivity contribution in [3.8, 4) is 5.75 Å². The Balaban J connectivity index is 1.90. The second-order valence-electron chi connectivity index (χ2n) is 3.79. The molecule has 0 N–H and O–H groups in total. The molecule has 1 heterocycles. The van der Waals surface area contributed by atoms with Crippen LogP contribution in [0.3, 0.4) is 0 Å². The molecule has 0 amide bonds. The number of hydrogen-bond donors (Lipinski definition) is 0. The summed E-state index contributed by atoms with van der Waals surface area (Å²) in [5.74, 6) is 0.849. The monoisotopic (exact) mass is 216 g/mol. The van der Waals surface area contributed by atoms with Crippen LogP contribution >= 0.6 is 0 Å². The first-order valence-electron chi connectivity index (χ1n) is 5.64. The van der Waals surface area contributed by atoms with Crippen LogP contribution in [0.4, 0.5) is 0 Å². The van der Waals surface area contributed by atoms with E-state index in [0.29, 0.717) is 0 Å². The highest BCUT2D eigenvalue weighted by atomic mass is 16.7. The van der Waals surface area contributed by atoms with Gasteiger partial charge in [-0.05, 0) is 30.5 Å². The molecule has 2 nitrogen and oxygen atoms in total. The predicted octanol–water partition coefficient (Wildman–Crippen LogP) is 3.21. The van der Waals surface area contributed by atoms with Crippen LogP contribution in [0.1, 0.15) is 24.8 Å². The zero-order valence-corrected chi connectivity index (χ0v) is 9.32. The van der Waals surface area contributed by atoms with E-state index in [9.17, 15) is 0 Å². The van der Waals surface area contributed by atoms with Gasteiger partial charge in [-0.2, -0.15) is 0 Å². The number of allylic oxidation sites excluding steroid dienone is 1. The third kappa shape index (κ3) is 3.11. The van der Waals surface area contributed by atoms with Gasteiger partial charge in [0.1, 0.15) is 5.75 Å². The summed E-state index contributed by atoms with van der Waals surface area (Å²) < 4.78 is 11.2. The largest absolute Gasteiger partial charge is 0.465 e. The van der Waals surface area contributed by atoms with Gasteiger partial charge in [-0.1, -0.05) is 18.2 Å². The zero-order valence-electron chi connectivity index (χ0n) is 9.32. The van der Waals surface area contributed by atoms with E-state index in [1.54, 1.807) is 6.08 Å². The van der Waals surface area contributed by atoms with Crippen molar-refractivity contribution in [3.63, 3.8) is 0 Å². The fourth-order valence-electron chi connectivity index (χ4n) is 1.70. The number of rotatable bonds is 4. The molecular formula is C14H16O2. The van der Waals surface area contributed by atoms with Crippen LogP contribution in [0.25, 0.3) is 0 Å². The Hall–Kier alpha value is -1.28. The van der Waals surface area contributed by atoms with Gasteiger partial charge in [0.15, 0.2) is 6.29 Å². The second-order valence-corrected chi connectivity index (χ2v) is 3.79. The standard InChI is InChI=1S/C14H16O2/c1-2-5-12-7-9-13(10-8-12)16-14-6-3-4-11-15-14/h2,7-10,14H,1,3-4,6,11H2. The normalized spacial score (nSPS) is 20.4. The van der Waals surface area contributed by atoms with Gasteiger partial charge in [0.25, 0.3) is 0 Å². The van der Waals surface area contributed by atoms with Crippen LogP contribution < -0.4 is 4.74 Å². The minimum atomic E-state index is -0.0769. The maximum atomic E-state index is 5.71. The Morgan fingerprint density at radius 1 is 1.31 bits per heavy atom. The van der Waals surface area contributed by atoms with Gasteiger partial charge in [-0.25, -0.2) is 0 Å². The van der Waals surface area contributed by atoms with Crippen molar-refractivity contribution in [1.29, 1.82) is 0 Å². The molecule has 1 fully saturated rings. The van der Waals surface area contributed by atoms with Gasteiger partial charge in [-0.15, -0.1) is 6.58 Å². The fraction of sp³-hybridized carbons (Fsp3) is 0.357. The lowest BCUT2D eigenvalue weighted by Crippen LogP contribution is -2.24. The van der Waals surface area contributed by atoms with E-state index in [2.05, 4.69) is 13.0 Å². The van der Waals surface area contributed by atoms with E-state index in [0.717, 1.165) is 30.8 Å². The SMILES string of the molecule is C=C[C]c1ccc(OC2CCCCO2)cc1. The molecule has 16 heavy (non-hydrogen) atoms. The molecule has 1 atom stereocenters. The molecule has 0 bridgehead atoms. The van der Waals surface area contributed by atoms with Crippen LogP contribution in [0.5, 0.6) is 5.75 Å². The summed E-state index contributed by atoms with van der Waals surface area (Å²) in [5.41, 5.74) is 1.01. The van der Waals surface area contributed by atoms with Crippen LogP contribution in [0.2, 0.25) is 0 Å². The van der Waals surface area contributed by atoms with Crippen molar-refractivity contribution in [2.45, 2.75) is 25.6 Å². The molecule has 2 radical (unpaired) electrons. The van der Waals surface area contributed by atoms with Crippen molar-refractivity contribution in [2.75, 3.05) is 6.61 Å². The van der Waals surface area contributed by atoms with Crippen molar-refractivity contribution in [2.24, 2.45) is 0 Å². The fourth-order valence-corrected chi connectivity index (χ4v) is 1.70. The summed E-state index contributed by atoms with van der Waals surface area (Å²) in [6.45, 7) is 4.42. The van der Waals surface area contributed by atoms with Gasteiger partial charge in [-0.3, -0.25) is 0 Å². The van der Waals surface area contributed by atoms with Crippen molar-refractivity contribution in [1.82, 2.24) is 0 Å². The third-order valence-corrected chi connectivity index (χ3v) is 2.53. The molecule has 2 heteroatoms. The molecule has 0 spiro atoms. The van der Waals surface area contributed by atoms with Crippen molar-refractivity contribution >= 4 is 0 Å². The second kappa shape index (κ2) is 5.71. The average molecular weight is 216 g/mol. The molecule has 0 aromatic heterocycles. The Morgan fingerprint density at radius 2 is 2.12 bits per heavy atom. The Labute approximate surface area is 96.9 Å². The quantitative estimate of drug-likeness (QED) is 0.769. The van der Waals surface area contributed by atoms with Crippen LogP contribution in [-0.4, -0.2) is 12.9 Å². The van der Waals surface area contributed by atoms with Crippen LogP contribution in [-0.2, 0) is 4.74 Å². The Morgan fingerprint density at radius 3 is 2.75 bits per heavy atom. The van der Waals surface area contributed by atoms with E-state index >= 15 is 0 Å². The maximum absolute atomic E-state index is 5.71. The highest BCUT2D eigenvalue weighted by Crippen LogP contribution is 2.19. The van der Waals surface area contributed by atoms with Gasteiger partial charge >= 0.3 is 0 Å². The highest BCUT2D eigenvalue weighted by Gasteiger charge is 2.14. The molecule has 1 saturated heterocycles. The lowest BCUT2D eigenvalue weighted by atomic mass is 10.1. The topological polar surface area (TPSA) is 18.5 Å². The first-order chi connectivity index (χ1) is 7.88. The summed E-state index contributed by atoms with van der Waals surface area (Å²) in [6, 6.07) is 7.78. The Kier molecular flexibility index (Phi) is 4.00. The molecule has 1 aromatic carbocycles. The lowest BCUT2D eigenvalue weighted by Gasteiger charge is -2.23. The van der Waals surface area contributed by atoms with E-state index in [1.165, 1.54) is 6.42 Å². The lowest BCUT2D eigenvalue weighted by molar-refractivity contribution is -0.105. The van der Waals surface area contributed by atoms with Gasteiger partial charge in [0.2, 0.25) is 0 Å². The van der Waals surface area contributed by atoms with E-state index in [-0.39, 0.29) is 6.29 Å². The summed E-state index contributed by atoms with van der Waals surface area (Å²) >= 11 is 0. The van der Waals surface area contributed by atoms with Crippen molar-refractivity contribution < 1.29 is 9.47 Å². The molecule has 84 valence electrons. The van der Waals surface area contributed by atoms with Gasteiger partial charge in [0, 0.05) is 12.8 Å². The van der Waals surface area contributed by atoms with E-state index in [4.69, 9.17) is 9.47 Å².